The van der Waals surface area contributed by atoms with Gasteiger partial charge in [-0.1, -0.05) is 12.1 Å². The molecule has 0 amide bonds. The molecule has 0 aromatic heterocycles. The molecule has 1 rings (SSSR count). The summed E-state index contributed by atoms with van der Waals surface area (Å²) in [6, 6.07) is 7.87. The fourth-order valence-electron chi connectivity index (χ4n) is 1.45. The van der Waals surface area contributed by atoms with Gasteiger partial charge in [0, 0.05) is 6.42 Å². The van der Waals surface area contributed by atoms with Gasteiger partial charge in [-0.2, -0.15) is 5.26 Å². The molecular formula is C12H15NO2. The number of nitrogens with zero attached hydrogens (tertiary/aromatic N) is 1. The average Bonchev–Trinajstić information content (AvgIpc) is 2.27. The zero-order valence-electron chi connectivity index (χ0n) is 9.12. The lowest BCUT2D eigenvalue weighted by Crippen LogP contribution is -1.98. The summed E-state index contributed by atoms with van der Waals surface area (Å²) in [5.41, 5.74) is 1.02. The molecule has 0 unspecified atom stereocenters. The van der Waals surface area contributed by atoms with E-state index in [0.29, 0.717) is 19.4 Å². The molecule has 0 aliphatic carbocycles. The van der Waals surface area contributed by atoms with Gasteiger partial charge in [-0.25, -0.2) is 0 Å². The van der Waals surface area contributed by atoms with E-state index >= 15 is 0 Å². The third kappa shape index (κ3) is 2.88. The number of hydrogen-bond donors (Lipinski definition) is 0. The topological polar surface area (TPSA) is 42.2 Å². The summed E-state index contributed by atoms with van der Waals surface area (Å²) in [6.07, 6.45) is 1.19. The van der Waals surface area contributed by atoms with Crippen LogP contribution in [-0.2, 0) is 6.42 Å². The van der Waals surface area contributed by atoms with Gasteiger partial charge in [0.15, 0.2) is 11.5 Å². The second-order valence-corrected chi connectivity index (χ2v) is 3.04. The monoisotopic (exact) mass is 205 g/mol. The lowest BCUT2D eigenvalue weighted by molar-refractivity contribution is 0.309. The van der Waals surface area contributed by atoms with Crippen LogP contribution in [0.4, 0.5) is 0 Å². The van der Waals surface area contributed by atoms with Gasteiger partial charge in [0.1, 0.15) is 0 Å². The minimum absolute atomic E-state index is 0.492. The number of nitriles is 1. The molecule has 0 saturated heterocycles. The molecule has 0 bridgehead atoms. The molecule has 0 aliphatic rings. The molecule has 80 valence electrons. The molecule has 1 aromatic carbocycles. The van der Waals surface area contributed by atoms with Gasteiger partial charge in [0.2, 0.25) is 0 Å². The Kier molecular flexibility index (Phi) is 4.49. The highest BCUT2D eigenvalue weighted by Gasteiger charge is 2.08. The standard InChI is InChI=1S/C12H15NO2/c1-3-15-11-8-4-6-10(7-5-9-13)12(11)14-2/h4,6,8H,3,5,7H2,1-2H3. The largest absolute Gasteiger partial charge is 0.493 e. The first-order chi connectivity index (χ1) is 7.33. The molecule has 0 radical (unpaired) electrons. The van der Waals surface area contributed by atoms with Crippen LogP contribution in [0.15, 0.2) is 18.2 Å². The lowest BCUT2D eigenvalue weighted by Gasteiger charge is -2.12. The van der Waals surface area contributed by atoms with Crippen molar-refractivity contribution in [1.82, 2.24) is 0 Å². The van der Waals surface area contributed by atoms with Crippen molar-refractivity contribution in [2.45, 2.75) is 19.8 Å². The zero-order chi connectivity index (χ0) is 11.1. The van der Waals surface area contributed by atoms with Crippen LogP contribution in [0, 0.1) is 11.3 Å². The molecule has 0 atom stereocenters. The first-order valence-electron chi connectivity index (χ1n) is 4.99. The van der Waals surface area contributed by atoms with Gasteiger partial charge in [-0.3, -0.25) is 0 Å². The van der Waals surface area contributed by atoms with Crippen molar-refractivity contribution in [2.24, 2.45) is 0 Å². The zero-order valence-corrected chi connectivity index (χ0v) is 9.12. The van der Waals surface area contributed by atoms with Crippen molar-refractivity contribution in [2.75, 3.05) is 13.7 Å². The second-order valence-electron chi connectivity index (χ2n) is 3.04. The predicted molar refractivity (Wildman–Crippen MR) is 58.1 cm³/mol. The minimum atomic E-state index is 0.492. The second kappa shape index (κ2) is 5.92. The number of methoxy groups -OCH3 is 1. The summed E-state index contributed by atoms with van der Waals surface area (Å²) in [5.74, 6) is 1.49. The Hall–Kier alpha value is -1.69. The van der Waals surface area contributed by atoms with Crippen LogP contribution in [0.2, 0.25) is 0 Å². The van der Waals surface area contributed by atoms with E-state index in [1.165, 1.54) is 0 Å². The quantitative estimate of drug-likeness (QED) is 0.741. The molecule has 0 N–H and O–H groups in total. The molecule has 0 heterocycles. The van der Waals surface area contributed by atoms with E-state index in [-0.39, 0.29) is 0 Å². The maximum atomic E-state index is 8.54. The minimum Gasteiger partial charge on any atom is -0.493 e. The van der Waals surface area contributed by atoms with Crippen molar-refractivity contribution in [1.29, 1.82) is 5.26 Å². The third-order valence-electron chi connectivity index (χ3n) is 2.07. The highest BCUT2D eigenvalue weighted by atomic mass is 16.5. The highest BCUT2D eigenvalue weighted by molar-refractivity contribution is 5.46. The van der Waals surface area contributed by atoms with Crippen LogP contribution in [-0.4, -0.2) is 13.7 Å². The lowest BCUT2D eigenvalue weighted by atomic mass is 10.1. The molecule has 0 spiro atoms. The van der Waals surface area contributed by atoms with E-state index in [1.807, 2.05) is 25.1 Å². The Balaban J connectivity index is 2.94. The van der Waals surface area contributed by atoms with E-state index < -0.39 is 0 Å². The SMILES string of the molecule is CCOc1cccc(CCC#N)c1OC. The molecule has 0 fully saturated rings. The molecule has 15 heavy (non-hydrogen) atoms. The normalized spacial score (nSPS) is 9.40. The van der Waals surface area contributed by atoms with Gasteiger partial charge < -0.3 is 9.47 Å². The van der Waals surface area contributed by atoms with Crippen molar-refractivity contribution in [3.63, 3.8) is 0 Å². The van der Waals surface area contributed by atoms with E-state index in [2.05, 4.69) is 6.07 Å². The van der Waals surface area contributed by atoms with Crippen LogP contribution >= 0.6 is 0 Å². The molecule has 3 nitrogen and oxygen atoms in total. The van der Waals surface area contributed by atoms with Crippen LogP contribution < -0.4 is 9.47 Å². The van der Waals surface area contributed by atoms with E-state index in [9.17, 15) is 0 Å². The Bertz CT molecular complexity index is 355. The van der Waals surface area contributed by atoms with E-state index in [0.717, 1.165) is 17.1 Å². The van der Waals surface area contributed by atoms with Gasteiger partial charge >= 0.3 is 0 Å². The first kappa shape index (κ1) is 11.4. The van der Waals surface area contributed by atoms with Crippen LogP contribution in [0.5, 0.6) is 11.5 Å². The fraction of sp³-hybridized carbons (Fsp3) is 0.417. The predicted octanol–water partition coefficient (Wildman–Crippen LogP) is 2.55. The summed E-state index contributed by atoms with van der Waals surface area (Å²) >= 11 is 0. The van der Waals surface area contributed by atoms with Gasteiger partial charge in [-0.15, -0.1) is 0 Å². The smallest absolute Gasteiger partial charge is 0.163 e. The molecule has 0 aliphatic heterocycles. The molecule has 0 saturated carbocycles. The summed E-state index contributed by atoms with van der Waals surface area (Å²) in [7, 11) is 1.62. The molecule has 1 aromatic rings. The summed E-state index contributed by atoms with van der Waals surface area (Å²) in [4.78, 5) is 0. The van der Waals surface area contributed by atoms with Crippen molar-refractivity contribution >= 4 is 0 Å². The van der Waals surface area contributed by atoms with E-state index in [1.54, 1.807) is 7.11 Å². The Morgan fingerprint density at radius 3 is 2.80 bits per heavy atom. The van der Waals surface area contributed by atoms with Gasteiger partial charge in [0.05, 0.1) is 19.8 Å². The Labute approximate surface area is 90.2 Å². The number of benzene rings is 1. The summed E-state index contributed by atoms with van der Waals surface area (Å²) in [5, 5.41) is 8.54. The number of para-hydroxylation sites is 1. The highest BCUT2D eigenvalue weighted by Crippen LogP contribution is 2.31. The maximum Gasteiger partial charge on any atom is 0.163 e. The van der Waals surface area contributed by atoms with Crippen LogP contribution in [0.25, 0.3) is 0 Å². The third-order valence-corrected chi connectivity index (χ3v) is 2.07. The number of rotatable bonds is 5. The van der Waals surface area contributed by atoms with Crippen LogP contribution in [0.1, 0.15) is 18.9 Å². The fourth-order valence-corrected chi connectivity index (χ4v) is 1.45. The molecule has 3 heteroatoms. The number of ether oxygens (including phenoxy) is 2. The van der Waals surface area contributed by atoms with Crippen molar-refractivity contribution < 1.29 is 9.47 Å². The van der Waals surface area contributed by atoms with Crippen molar-refractivity contribution in [3.8, 4) is 17.6 Å². The van der Waals surface area contributed by atoms with Crippen molar-refractivity contribution in [3.05, 3.63) is 23.8 Å². The maximum absolute atomic E-state index is 8.54. The van der Waals surface area contributed by atoms with Gasteiger partial charge in [0.25, 0.3) is 0 Å². The van der Waals surface area contributed by atoms with Gasteiger partial charge in [-0.05, 0) is 25.0 Å². The summed E-state index contributed by atoms with van der Waals surface area (Å²) in [6.45, 7) is 2.54. The Morgan fingerprint density at radius 1 is 1.40 bits per heavy atom. The number of hydrogen-bond acceptors (Lipinski definition) is 3. The Morgan fingerprint density at radius 2 is 2.20 bits per heavy atom. The number of aryl methyl sites for hydroxylation is 1. The van der Waals surface area contributed by atoms with Crippen LogP contribution in [0.3, 0.4) is 0 Å². The van der Waals surface area contributed by atoms with E-state index in [4.69, 9.17) is 14.7 Å². The summed E-state index contributed by atoms with van der Waals surface area (Å²) < 4.78 is 10.7. The first-order valence-corrected chi connectivity index (χ1v) is 4.99. The average molecular weight is 205 g/mol. The molecular weight excluding hydrogens is 190 g/mol.